The van der Waals surface area contributed by atoms with Crippen molar-refractivity contribution in [1.82, 2.24) is 4.98 Å². The molecule has 1 atom stereocenters. The molecule has 19 heavy (non-hydrogen) atoms. The van der Waals surface area contributed by atoms with Gasteiger partial charge in [-0.05, 0) is 17.0 Å². The Morgan fingerprint density at radius 2 is 2.32 bits per heavy atom. The van der Waals surface area contributed by atoms with Crippen molar-refractivity contribution >= 4 is 24.0 Å². The van der Waals surface area contributed by atoms with Gasteiger partial charge < -0.3 is 17.5 Å². The number of pyridine rings is 1. The number of quaternary nitrogens is 1. The minimum absolute atomic E-state index is 0.442. The molecule has 0 saturated heterocycles. The zero-order valence-corrected chi connectivity index (χ0v) is 12.2. The van der Waals surface area contributed by atoms with Crippen LogP contribution in [0.2, 0.25) is 0 Å². The number of hydrogen-bond acceptors (Lipinski definition) is 4. The highest BCUT2D eigenvalue weighted by molar-refractivity contribution is 7.58. The van der Waals surface area contributed by atoms with Crippen LogP contribution in [-0.4, -0.2) is 18.6 Å². The van der Waals surface area contributed by atoms with Crippen molar-refractivity contribution in [2.75, 3.05) is 13.6 Å². The maximum atomic E-state index is 9.32. The Morgan fingerprint density at radius 3 is 3.00 bits per heavy atom. The fraction of sp³-hybridized carbons (Fsp3) is 0.286. The molecule has 3 nitrogen and oxygen atoms in total. The minimum Gasteiger partial charge on any atom is -0.759 e. The molecule has 1 aliphatic rings. The first-order chi connectivity index (χ1) is 9.20. The standard InChI is InChI=1S/C14H13N3S2/c1-17-4-2-10-12(7-17)11(6-15)14(18)16-13(10)9-3-5-19-8-9/h3,5,8H,2,4,7H2,1H3,(H,16,18). The molecule has 96 valence electrons. The number of fused-ring (bicyclic) bond motifs is 1. The van der Waals surface area contributed by atoms with Crippen LogP contribution in [0.15, 0.2) is 21.9 Å². The number of aromatic nitrogens is 1. The van der Waals surface area contributed by atoms with E-state index < -0.39 is 0 Å². The van der Waals surface area contributed by atoms with Gasteiger partial charge in [0.05, 0.1) is 30.9 Å². The van der Waals surface area contributed by atoms with Crippen LogP contribution in [0.4, 0.5) is 0 Å². The summed E-state index contributed by atoms with van der Waals surface area (Å²) in [5.41, 5.74) is 5.02. The van der Waals surface area contributed by atoms with Crippen LogP contribution < -0.4 is 4.90 Å². The monoisotopic (exact) mass is 287 g/mol. The average molecular weight is 287 g/mol. The summed E-state index contributed by atoms with van der Waals surface area (Å²) in [6.07, 6.45) is 0.962. The van der Waals surface area contributed by atoms with Gasteiger partial charge in [-0.25, -0.2) is 0 Å². The summed E-state index contributed by atoms with van der Waals surface area (Å²) in [4.78, 5) is 5.93. The highest BCUT2D eigenvalue weighted by Crippen LogP contribution is 2.30. The van der Waals surface area contributed by atoms with Crippen LogP contribution in [-0.2, 0) is 25.6 Å². The molecule has 0 amide bonds. The van der Waals surface area contributed by atoms with Crippen LogP contribution in [0.1, 0.15) is 16.7 Å². The number of likely N-dealkylation sites (N-methyl/N-ethyl adjacent to an activating group) is 1. The van der Waals surface area contributed by atoms with Crippen LogP contribution in [0.3, 0.4) is 0 Å². The lowest BCUT2D eigenvalue weighted by Crippen LogP contribution is -3.08. The Bertz CT molecular complexity index is 656. The van der Waals surface area contributed by atoms with Crippen molar-refractivity contribution in [2.24, 2.45) is 0 Å². The van der Waals surface area contributed by atoms with Crippen molar-refractivity contribution in [3.8, 4) is 17.3 Å². The van der Waals surface area contributed by atoms with E-state index in [1.54, 1.807) is 11.3 Å². The van der Waals surface area contributed by atoms with Gasteiger partial charge >= 0.3 is 0 Å². The zero-order valence-electron chi connectivity index (χ0n) is 10.6. The molecule has 0 aliphatic carbocycles. The molecule has 0 radical (unpaired) electrons. The van der Waals surface area contributed by atoms with Crippen LogP contribution in [0.25, 0.3) is 11.3 Å². The second-order valence-electron chi connectivity index (χ2n) is 4.86. The minimum atomic E-state index is 0.442. The summed E-state index contributed by atoms with van der Waals surface area (Å²) in [6, 6.07) is 4.31. The van der Waals surface area contributed by atoms with Crippen LogP contribution >= 0.6 is 11.3 Å². The molecule has 5 heteroatoms. The zero-order chi connectivity index (χ0) is 13.4. The predicted molar refractivity (Wildman–Crippen MR) is 77.1 cm³/mol. The third-order valence-corrected chi connectivity index (χ3v) is 4.54. The SMILES string of the molecule is C[NH+]1CCc2c(-c3ccsc3)nc([S-])c(C#N)c2C1. The highest BCUT2D eigenvalue weighted by Gasteiger charge is 2.24. The molecular formula is C14H13N3S2. The predicted octanol–water partition coefficient (Wildman–Crippen LogP) is 1.16. The van der Waals surface area contributed by atoms with Crippen molar-refractivity contribution in [1.29, 1.82) is 5.26 Å². The maximum absolute atomic E-state index is 9.32. The average Bonchev–Trinajstić information content (AvgIpc) is 2.91. The molecule has 0 saturated carbocycles. The summed E-state index contributed by atoms with van der Waals surface area (Å²) in [5.74, 6) is 0. The van der Waals surface area contributed by atoms with Crippen LogP contribution in [0.5, 0.6) is 0 Å². The Labute approximate surface area is 121 Å². The van der Waals surface area contributed by atoms with Gasteiger partial charge in [-0.2, -0.15) is 16.6 Å². The number of hydrogen-bond donors (Lipinski definition) is 1. The van der Waals surface area contributed by atoms with Gasteiger partial charge in [-0.1, -0.05) is 5.03 Å². The second kappa shape index (κ2) is 4.89. The van der Waals surface area contributed by atoms with E-state index in [4.69, 9.17) is 12.6 Å². The summed E-state index contributed by atoms with van der Waals surface area (Å²) in [5, 5.41) is 13.9. The Balaban J connectivity index is 2.26. The van der Waals surface area contributed by atoms with E-state index in [-0.39, 0.29) is 0 Å². The third kappa shape index (κ3) is 2.12. The quantitative estimate of drug-likeness (QED) is 0.800. The van der Waals surface area contributed by atoms with E-state index >= 15 is 0 Å². The summed E-state index contributed by atoms with van der Waals surface area (Å²) in [7, 11) is 2.15. The molecule has 0 bridgehead atoms. The number of thiophene rings is 1. The lowest BCUT2D eigenvalue weighted by atomic mass is 9.93. The highest BCUT2D eigenvalue weighted by atomic mass is 32.1. The summed E-state index contributed by atoms with van der Waals surface area (Å²) < 4.78 is 0. The first-order valence-corrected chi connectivity index (χ1v) is 7.52. The van der Waals surface area contributed by atoms with Gasteiger partial charge in [-0.15, -0.1) is 0 Å². The van der Waals surface area contributed by atoms with E-state index in [1.165, 1.54) is 10.5 Å². The molecule has 0 spiro atoms. The molecule has 1 unspecified atom stereocenters. The fourth-order valence-corrected chi connectivity index (χ4v) is 3.49. The van der Waals surface area contributed by atoms with Gasteiger partial charge in [0, 0.05) is 22.9 Å². The van der Waals surface area contributed by atoms with E-state index in [0.717, 1.165) is 36.3 Å². The third-order valence-electron chi connectivity index (χ3n) is 3.57. The van der Waals surface area contributed by atoms with Crippen molar-refractivity contribution < 1.29 is 4.90 Å². The summed E-state index contributed by atoms with van der Waals surface area (Å²) >= 11 is 6.95. The van der Waals surface area contributed by atoms with Gasteiger partial charge in [0.2, 0.25) is 0 Å². The first kappa shape index (κ1) is 12.5. The fourth-order valence-electron chi connectivity index (χ4n) is 2.59. The maximum Gasteiger partial charge on any atom is 0.104 e. The van der Waals surface area contributed by atoms with E-state index in [2.05, 4.69) is 29.5 Å². The molecule has 1 N–H and O–H groups in total. The molecule has 3 rings (SSSR count). The molecule has 1 aliphatic heterocycles. The number of nitrogens with one attached hydrogen (secondary N) is 1. The molecule has 2 aromatic rings. The Kier molecular flexibility index (Phi) is 3.23. The molecule has 0 fully saturated rings. The van der Waals surface area contributed by atoms with Gasteiger partial charge in [0.25, 0.3) is 0 Å². The van der Waals surface area contributed by atoms with E-state index in [1.807, 2.05) is 5.38 Å². The smallest absolute Gasteiger partial charge is 0.104 e. The van der Waals surface area contributed by atoms with Gasteiger partial charge in [0.15, 0.2) is 0 Å². The van der Waals surface area contributed by atoms with E-state index in [0.29, 0.717) is 10.6 Å². The lowest BCUT2D eigenvalue weighted by molar-refractivity contribution is -0.895. The topological polar surface area (TPSA) is 41.1 Å². The van der Waals surface area contributed by atoms with Crippen molar-refractivity contribution in [3.05, 3.63) is 33.5 Å². The normalized spacial score (nSPS) is 17.8. The molecule has 3 heterocycles. The molecular weight excluding hydrogens is 274 g/mol. The molecule has 2 aromatic heterocycles. The first-order valence-electron chi connectivity index (χ1n) is 6.17. The van der Waals surface area contributed by atoms with Gasteiger partial charge in [-0.3, -0.25) is 4.98 Å². The van der Waals surface area contributed by atoms with E-state index in [9.17, 15) is 5.26 Å². The Morgan fingerprint density at radius 1 is 1.47 bits per heavy atom. The van der Waals surface area contributed by atoms with Crippen LogP contribution in [0, 0.1) is 11.3 Å². The number of nitriles is 1. The van der Waals surface area contributed by atoms with Crippen molar-refractivity contribution in [3.63, 3.8) is 0 Å². The number of nitrogens with zero attached hydrogens (tertiary/aromatic N) is 2. The second-order valence-corrected chi connectivity index (χ2v) is 6.02. The Hall–Kier alpha value is -1.48. The number of rotatable bonds is 1. The summed E-state index contributed by atoms with van der Waals surface area (Å²) in [6.45, 7) is 1.94. The lowest BCUT2D eigenvalue weighted by Gasteiger charge is -2.27. The van der Waals surface area contributed by atoms with Crippen molar-refractivity contribution in [2.45, 2.75) is 18.0 Å². The molecule has 0 aromatic carbocycles. The largest absolute Gasteiger partial charge is 0.759 e. The van der Waals surface area contributed by atoms with Gasteiger partial charge in [0.1, 0.15) is 6.54 Å².